The van der Waals surface area contributed by atoms with Crippen LogP contribution in [0.1, 0.15) is 238 Å². The third-order valence-electron chi connectivity index (χ3n) is 21.0. The predicted molar refractivity (Wildman–Crippen MR) is 316 cm³/mol. The van der Waals surface area contributed by atoms with Crippen LogP contribution in [0.4, 0.5) is 34.1 Å². The van der Waals surface area contributed by atoms with E-state index in [2.05, 4.69) is 219 Å². The Morgan fingerprint density at radius 3 is 1.31 bits per heavy atom. The summed E-state index contributed by atoms with van der Waals surface area (Å²) >= 11 is 2.11. The van der Waals surface area contributed by atoms with Gasteiger partial charge in [0.15, 0.2) is 0 Å². The fraction of sp³-hybridized carbons (Fsp3) is 0.529. The van der Waals surface area contributed by atoms with Gasteiger partial charge in [-0.25, -0.2) is 0 Å². The lowest BCUT2D eigenvalue weighted by Crippen LogP contribution is -2.61. The molecule has 0 saturated carbocycles. The lowest BCUT2D eigenvalue weighted by molar-refractivity contribution is 0.332. The molecule has 12 rings (SSSR count). The lowest BCUT2D eigenvalue weighted by atomic mass is 9.35. The lowest BCUT2D eigenvalue weighted by Gasteiger charge is -2.48. The highest BCUT2D eigenvalue weighted by molar-refractivity contribution is 7.33. The Morgan fingerprint density at radius 2 is 0.833 bits per heavy atom. The minimum absolute atomic E-state index is 0.0665. The van der Waals surface area contributed by atoms with Gasteiger partial charge in [0.1, 0.15) is 0 Å². The van der Waals surface area contributed by atoms with E-state index in [9.17, 15) is 0 Å². The average molecular weight is 973 g/mol. The summed E-state index contributed by atoms with van der Waals surface area (Å²) in [6.45, 7) is 45.0. The number of anilines is 6. The van der Waals surface area contributed by atoms with E-state index in [4.69, 9.17) is 0 Å². The van der Waals surface area contributed by atoms with E-state index in [1.54, 1.807) is 16.7 Å². The van der Waals surface area contributed by atoms with Crippen LogP contribution in [0, 0.1) is 0 Å². The highest BCUT2D eigenvalue weighted by atomic mass is 32.1. The topological polar surface area (TPSA) is 6.48 Å². The van der Waals surface area contributed by atoms with Crippen molar-refractivity contribution in [3.63, 3.8) is 0 Å². The maximum Gasteiger partial charge on any atom is 0.264 e. The molecule has 0 radical (unpaired) electrons. The summed E-state index contributed by atoms with van der Waals surface area (Å²) in [5, 5.41) is 1.43. The normalized spacial score (nSPS) is 22.9. The minimum Gasteiger partial charge on any atom is -0.311 e. The van der Waals surface area contributed by atoms with E-state index in [0.29, 0.717) is 5.92 Å². The third-order valence-corrected chi connectivity index (χ3v) is 22.2. The zero-order valence-electron chi connectivity index (χ0n) is 47.7. The predicted octanol–water partition coefficient (Wildman–Crippen LogP) is 17.9. The molecule has 0 spiro atoms. The van der Waals surface area contributed by atoms with Crippen molar-refractivity contribution in [3.8, 4) is 0 Å². The summed E-state index contributed by atoms with van der Waals surface area (Å²) in [5.41, 5.74) is 25.6. The Morgan fingerprint density at radius 1 is 0.444 bits per heavy atom. The van der Waals surface area contributed by atoms with Crippen LogP contribution in [0.3, 0.4) is 0 Å². The van der Waals surface area contributed by atoms with E-state index in [-0.39, 0.29) is 50.0 Å². The van der Waals surface area contributed by atoms with Gasteiger partial charge >= 0.3 is 0 Å². The summed E-state index contributed by atoms with van der Waals surface area (Å²) < 4.78 is 2.95. The van der Waals surface area contributed by atoms with E-state index >= 15 is 0 Å². The largest absolute Gasteiger partial charge is 0.311 e. The number of hydrogen-bond acceptors (Lipinski definition) is 3. The van der Waals surface area contributed by atoms with Crippen molar-refractivity contribution < 1.29 is 0 Å². The maximum atomic E-state index is 2.81. The fourth-order valence-corrected chi connectivity index (χ4v) is 16.5. The molecule has 72 heavy (non-hydrogen) atoms. The zero-order valence-corrected chi connectivity index (χ0v) is 48.6. The Kier molecular flexibility index (Phi) is 10.3. The summed E-state index contributed by atoms with van der Waals surface area (Å²) in [6.07, 6.45) is 10.7. The van der Waals surface area contributed by atoms with Gasteiger partial charge in [-0.3, -0.25) is 0 Å². The minimum atomic E-state index is 0.0665. The molecule has 5 aromatic carbocycles. The second-order valence-electron chi connectivity index (χ2n) is 29.6. The molecule has 0 fully saturated rings. The quantitative estimate of drug-likeness (QED) is 0.162. The fourth-order valence-electron chi connectivity index (χ4n) is 15.1. The highest BCUT2D eigenvalue weighted by Crippen LogP contribution is 2.57. The molecular formula is C68H85BN2S. The Hall–Kier alpha value is -4.28. The van der Waals surface area contributed by atoms with E-state index < -0.39 is 0 Å². The molecule has 3 heterocycles. The van der Waals surface area contributed by atoms with Gasteiger partial charge in [0, 0.05) is 43.3 Å². The van der Waals surface area contributed by atoms with Gasteiger partial charge in [-0.2, -0.15) is 0 Å². The molecule has 1 unspecified atom stereocenters. The smallest absolute Gasteiger partial charge is 0.264 e. The first-order chi connectivity index (χ1) is 33.5. The van der Waals surface area contributed by atoms with Crippen molar-refractivity contribution in [3.05, 3.63) is 123 Å². The molecule has 0 N–H and O–H groups in total. The van der Waals surface area contributed by atoms with Crippen molar-refractivity contribution in [2.75, 3.05) is 9.80 Å². The standard InChI is InChI=1S/C68H85BN2S/c1-19-40(2)41-32-55-58-56(33-41)71(43-21-23-46-48(35-43)64(9,10)27-25-62(46,5)6)59-44-36-49-52(68(17,18)31-28-65(49,11)12)39-57(44)72-60(59)69(58)53-37-50-51(67(15,16)30-29-66(50,13)14)38-54(53)70(55)42-20-22-45-47(34-42)63(7,8)26-24-61(45,3)4/h20-23,32-40H,19,24-31H2,1-18H3. The Labute approximate surface area is 439 Å². The van der Waals surface area contributed by atoms with Gasteiger partial charge in [-0.05, 0) is 223 Å². The molecule has 0 amide bonds. The summed E-state index contributed by atoms with van der Waals surface area (Å²) in [4.78, 5) is 5.60. The number of nitrogens with zero attached hydrogens (tertiary/aromatic N) is 2. The Bertz CT molecular complexity index is 3290. The van der Waals surface area contributed by atoms with Crippen molar-refractivity contribution in [2.45, 2.75) is 232 Å². The molecule has 2 aliphatic heterocycles. The third kappa shape index (κ3) is 6.90. The first-order valence-electron chi connectivity index (χ1n) is 28.4. The SMILES string of the molecule is CCC(C)c1cc2c3c(c1)N(c1ccc4c(c1)C(C)(C)CCC4(C)C)c1c(sc4cc5c(cc14)C(C)(C)CCC5(C)C)B3c1cc3c(cc1N2c1ccc2c(c1)C(C)(C)CCC2(C)C)C(C)(C)CCC3(C)C. The highest BCUT2D eigenvalue weighted by Gasteiger charge is 2.50. The average Bonchev–Trinajstić information content (AvgIpc) is 3.69. The molecular weight excluding hydrogens is 888 g/mol. The summed E-state index contributed by atoms with van der Waals surface area (Å²) in [6, 6.07) is 31.6. The first kappa shape index (κ1) is 48.7. The van der Waals surface area contributed by atoms with Gasteiger partial charge < -0.3 is 9.80 Å². The van der Waals surface area contributed by atoms with Crippen molar-refractivity contribution >= 4 is 78.0 Å². The van der Waals surface area contributed by atoms with Gasteiger partial charge in [-0.15, -0.1) is 11.3 Å². The number of hydrogen-bond donors (Lipinski definition) is 0. The second kappa shape index (κ2) is 15.2. The van der Waals surface area contributed by atoms with Crippen LogP contribution in [-0.2, 0) is 43.3 Å². The summed E-state index contributed by atoms with van der Waals surface area (Å²) in [5.74, 6) is 0.389. The monoisotopic (exact) mass is 973 g/mol. The van der Waals surface area contributed by atoms with E-state index in [1.165, 1.54) is 145 Å². The van der Waals surface area contributed by atoms with Crippen LogP contribution in [0.5, 0.6) is 0 Å². The number of thiophene rings is 1. The van der Waals surface area contributed by atoms with Crippen LogP contribution in [-0.4, -0.2) is 6.71 Å². The molecule has 0 bridgehead atoms. The molecule has 1 aromatic heterocycles. The van der Waals surface area contributed by atoms with E-state index in [1.807, 2.05) is 0 Å². The van der Waals surface area contributed by atoms with Crippen molar-refractivity contribution in [1.29, 1.82) is 0 Å². The van der Waals surface area contributed by atoms with Gasteiger partial charge in [-0.1, -0.05) is 143 Å². The molecule has 6 aromatic rings. The van der Waals surface area contributed by atoms with Crippen LogP contribution in [0.2, 0.25) is 0 Å². The van der Waals surface area contributed by atoms with Crippen molar-refractivity contribution in [2.24, 2.45) is 0 Å². The van der Waals surface area contributed by atoms with Gasteiger partial charge in [0.05, 0.1) is 5.69 Å². The second-order valence-corrected chi connectivity index (χ2v) is 30.7. The van der Waals surface area contributed by atoms with Gasteiger partial charge in [0.2, 0.25) is 0 Å². The molecule has 4 aliphatic carbocycles. The Balaban J connectivity index is 1.24. The van der Waals surface area contributed by atoms with Crippen molar-refractivity contribution in [1.82, 2.24) is 0 Å². The maximum absolute atomic E-state index is 2.81. The van der Waals surface area contributed by atoms with E-state index in [0.717, 1.165) is 6.42 Å². The van der Waals surface area contributed by atoms with Crippen LogP contribution >= 0.6 is 11.3 Å². The zero-order chi connectivity index (χ0) is 51.4. The molecule has 4 heteroatoms. The molecule has 0 saturated heterocycles. The molecule has 6 aliphatic rings. The molecule has 2 nitrogen and oxygen atoms in total. The number of rotatable bonds is 4. The summed E-state index contributed by atoms with van der Waals surface area (Å²) in [7, 11) is 0. The van der Waals surface area contributed by atoms with Crippen LogP contribution in [0.25, 0.3) is 10.1 Å². The van der Waals surface area contributed by atoms with Gasteiger partial charge in [0.25, 0.3) is 6.71 Å². The van der Waals surface area contributed by atoms with Crippen LogP contribution in [0.15, 0.2) is 72.8 Å². The first-order valence-corrected chi connectivity index (χ1v) is 29.2. The van der Waals surface area contributed by atoms with Crippen LogP contribution < -0.4 is 25.5 Å². The molecule has 1 atom stereocenters. The number of fused-ring (bicyclic) bond motifs is 10. The number of benzene rings is 5. The molecule has 376 valence electrons.